The van der Waals surface area contributed by atoms with Crippen LogP contribution >= 0.6 is 15.9 Å². The molecule has 92 valence electrons. The number of H-pyrrole nitrogens is 1. The van der Waals surface area contributed by atoms with Gasteiger partial charge in [-0.3, -0.25) is 14.6 Å². The van der Waals surface area contributed by atoms with Crippen molar-refractivity contribution in [2.45, 2.75) is 13.2 Å². The normalized spacial score (nSPS) is 11.9. The van der Waals surface area contributed by atoms with Crippen LogP contribution in [0.25, 0.3) is 0 Å². The summed E-state index contributed by atoms with van der Waals surface area (Å²) in [6.45, 7) is 0.377. The average Bonchev–Trinajstić information content (AvgIpc) is 2.43. The molecule has 8 heteroatoms. The number of rotatable bonds is 5. The second-order valence-corrected chi connectivity index (χ2v) is 6.48. The van der Waals surface area contributed by atoms with Gasteiger partial charge in [0.25, 0.3) is 5.56 Å². The third kappa shape index (κ3) is 3.46. The molecule has 1 heterocycles. The summed E-state index contributed by atoms with van der Waals surface area (Å²) >= 11 is 3.13. The van der Waals surface area contributed by atoms with Crippen LogP contribution in [0.15, 0.2) is 9.27 Å². The van der Waals surface area contributed by atoms with Gasteiger partial charge in [0.15, 0.2) is 0 Å². The molecule has 0 aliphatic heterocycles. The van der Waals surface area contributed by atoms with E-state index in [1.807, 2.05) is 0 Å². The third-order valence-corrected chi connectivity index (χ3v) is 3.68. The minimum atomic E-state index is -3.08. The van der Waals surface area contributed by atoms with E-state index in [-0.39, 0.29) is 24.5 Å². The van der Waals surface area contributed by atoms with Gasteiger partial charge in [0.2, 0.25) is 0 Å². The first-order valence-corrected chi connectivity index (χ1v) is 7.34. The number of aryl methyl sites for hydroxylation is 1. The molecular formula is C8H13BrN2O4S. The molecular weight excluding hydrogens is 300 g/mol. The summed E-state index contributed by atoms with van der Waals surface area (Å²) in [6.07, 6.45) is 1.13. The third-order valence-electron chi connectivity index (χ3n) is 1.94. The van der Waals surface area contributed by atoms with E-state index in [4.69, 9.17) is 4.74 Å². The number of nitrogens with one attached hydrogen (secondary N) is 1. The van der Waals surface area contributed by atoms with Gasteiger partial charge >= 0.3 is 0 Å². The van der Waals surface area contributed by atoms with Crippen molar-refractivity contribution in [1.29, 1.82) is 0 Å². The minimum Gasteiger partial charge on any atom is -0.378 e. The van der Waals surface area contributed by atoms with Crippen LogP contribution in [0.3, 0.4) is 0 Å². The Morgan fingerprint density at radius 1 is 1.50 bits per heavy atom. The van der Waals surface area contributed by atoms with E-state index < -0.39 is 9.84 Å². The van der Waals surface area contributed by atoms with Crippen molar-refractivity contribution in [3.05, 3.63) is 20.5 Å². The molecule has 0 aliphatic rings. The second kappa shape index (κ2) is 5.15. The number of methoxy groups -OCH3 is 1. The summed E-state index contributed by atoms with van der Waals surface area (Å²) in [4.78, 5) is 11.6. The predicted molar refractivity (Wildman–Crippen MR) is 63.2 cm³/mol. The Hall–Kier alpha value is -0.600. The molecule has 0 bridgehead atoms. The molecule has 0 saturated heterocycles. The topological polar surface area (TPSA) is 81.2 Å². The molecule has 1 N–H and O–H groups in total. The maximum Gasteiger partial charge on any atom is 0.281 e. The van der Waals surface area contributed by atoms with Crippen molar-refractivity contribution >= 4 is 25.8 Å². The summed E-state index contributed by atoms with van der Waals surface area (Å²) < 4.78 is 28.5. The lowest BCUT2D eigenvalue weighted by molar-refractivity contribution is 0.180. The van der Waals surface area contributed by atoms with E-state index in [1.165, 1.54) is 11.8 Å². The first-order chi connectivity index (χ1) is 7.35. The van der Waals surface area contributed by atoms with E-state index in [2.05, 4.69) is 21.0 Å². The number of aromatic nitrogens is 2. The summed E-state index contributed by atoms with van der Waals surface area (Å²) in [5.41, 5.74) is 0.316. The molecule has 16 heavy (non-hydrogen) atoms. The largest absolute Gasteiger partial charge is 0.378 e. The van der Waals surface area contributed by atoms with Crippen molar-refractivity contribution in [2.75, 3.05) is 19.1 Å². The second-order valence-electron chi connectivity index (χ2n) is 3.42. The monoisotopic (exact) mass is 312 g/mol. The molecule has 1 aromatic rings. The fourth-order valence-corrected chi connectivity index (χ4v) is 2.10. The van der Waals surface area contributed by atoms with Gasteiger partial charge in [-0.25, -0.2) is 8.42 Å². The van der Waals surface area contributed by atoms with Crippen LogP contribution < -0.4 is 5.56 Å². The van der Waals surface area contributed by atoms with Gasteiger partial charge in [-0.1, -0.05) is 0 Å². The van der Waals surface area contributed by atoms with Gasteiger partial charge in [-0.2, -0.15) is 0 Å². The van der Waals surface area contributed by atoms with Gasteiger partial charge in [0.1, 0.15) is 14.3 Å². The quantitative estimate of drug-likeness (QED) is 0.838. The molecule has 0 unspecified atom stereocenters. The van der Waals surface area contributed by atoms with Crippen molar-refractivity contribution in [3.8, 4) is 0 Å². The minimum absolute atomic E-state index is 0.0771. The molecule has 0 atom stereocenters. The fraction of sp³-hybridized carbons (Fsp3) is 0.625. The maximum atomic E-state index is 11.6. The molecule has 0 spiro atoms. The van der Waals surface area contributed by atoms with Crippen LogP contribution in [0.2, 0.25) is 0 Å². The highest BCUT2D eigenvalue weighted by Gasteiger charge is 2.12. The molecule has 0 aliphatic carbocycles. The van der Waals surface area contributed by atoms with Gasteiger partial charge < -0.3 is 4.74 Å². The predicted octanol–water partition coefficient (Wildman–Crippen LogP) is 0.130. The highest BCUT2D eigenvalue weighted by atomic mass is 79.9. The van der Waals surface area contributed by atoms with Crippen LogP contribution in [0.5, 0.6) is 0 Å². The number of hydrogen-bond acceptors (Lipinski definition) is 4. The molecule has 0 aromatic carbocycles. The lowest BCUT2D eigenvalue weighted by atomic mass is 10.5. The van der Waals surface area contributed by atoms with Gasteiger partial charge in [0, 0.05) is 13.4 Å². The Bertz CT molecular complexity index is 517. The van der Waals surface area contributed by atoms with E-state index in [0.29, 0.717) is 10.2 Å². The van der Waals surface area contributed by atoms with Crippen LogP contribution in [-0.4, -0.2) is 37.3 Å². The van der Waals surface area contributed by atoms with Crippen molar-refractivity contribution in [1.82, 2.24) is 9.78 Å². The summed E-state index contributed by atoms with van der Waals surface area (Å²) in [7, 11) is -1.57. The van der Waals surface area contributed by atoms with Crippen molar-refractivity contribution in [2.24, 2.45) is 0 Å². The molecule has 0 radical (unpaired) electrons. The highest BCUT2D eigenvalue weighted by Crippen LogP contribution is 2.10. The van der Waals surface area contributed by atoms with Crippen LogP contribution in [0, 0.1) is 0 Å². The first kappa shape index (κ1) is 13.5. The molecule has 0 saturated carbocycles. The molecule has 0 fully saturated rings. The zero-order valence-electron chi connectivity index (χ0n) is 8.99. The first-order valence-electron chi connectivity index (χ1n) is 4.49. The van der Waals surface area contributed by atoms with Gasteiger partial charge in [-0.05, 0) is 15.9 Å². The highest BCUT2D eigenvalue weighted by molar-refractivity contribution is 9.10. The van der Waals surface area contributed by atoms with Gasteiger partial charge in [0.05, 0.1) is 24.6 Å². The number of hydrogen-bond donors (Lipinski definition) is 1. The van der Waals surface area contributed by atoms with Crippen molar-refractivity contribution in [3.63, 3.8) is 0 Å². The number of halogens is 1. The number of ether oxygens (including phenoxy) is 1. The Kier molecular flexibility index (Phi) is 4.34. The summed E-state index contributed by atoms with van der Waals surface area (Å²) in [5.74, 6) is -0.0771. The molecule has 1 rings (SSSR count). The lowest BCUT2D eigenvalue weighted by Crippen LogP contribution is -2.21. The van der Waals surface area contributed by atoms with Crippen LogP contribution in [-0.2, 0) is 27.7 Å². The lowest BCUT2D eigenvalue weighted by Gasteiger charge is -2.00. The SMILES string of the molecule is COCc1[nH]n(CCS(C)(=O)=O)c(=O)c1Br. The smallest absolute Gasteiger partial charge is 0.281 e. The van der Waals surface area contributed by atoms with E-state index in [1.54, 1.807) is 0 Å². The number of sulfone groups is 1. The van der Waals surface area contributed by atoms with E-state index in [9.17, 15) is 13.2 Å². The van der Waals surface area contributed by atoms with E-state index >= 15 is 0 Å². The zero-order valence-corrected chi connectivity index (χ0v) is 11.4. The Morgan fingerprint density at radius 2 is 2.12 bits per heavy atom. The van der Waals surface area contributed by atoms with Crippen molar-refractivity contribution < 1.29 is 13.2 Å². The standard InChI is InChI=1S/C8H13BrN2O4S/c1-15-5-6-7(9)8(12)11(10-6)3-4-16(2,13)14/h10H,3-5H2,1-2H3. The summed E-state index contributed by atoms with van der Waals surface area (Å²) in [5, 5.41) is 2.79. The zero-order chi connectivity index (χ0) is 12.3. The average molecular weight is 313 g/mol. The number of aromatic amines is 1. The van der Waals surface area contributed by atoms with Gasteiger partial charge in [-0.15, -0.1) is 0 Å². The van der Waals surface area contributed by atoms with Crippen LogP contribution in [0.4, 0.5) is 0 Å². The molecule has 0 amide bonds. The van der Waals surface area contributed by atoms with E-state index in [0.717, 1.165) is 6.26 Å². The Labute approximate surface area is 102 Å². The fourth-order valence-electron chi connectivity index (χ4n) is 1.16. The summed E-state index contributed by atoms with van der Waals surface area (Å²) in [6, 6.07) is 0. The van der Waals surface area contributed by atoms with Crippen LogP contribution in [0.1, 0.15) is 5.69 Å². The molecule has 1 aromatic heterocycles. The number of nitrogens with zero attached hydrogens (tertiary/aromatic N) is 1. The Balaban J connectivity index is 2.90. The molecule has 6 nitrogen and oxygen atoms in total. The Morgan fingerprint density at radius 3 is 2.62 bits per heavy atom. The maximum absolute atomic E-state index is 11.6.